The Morgan fingerprint density at radius 2 is 1.96 bits per heavy atom. The molecule has 0 unspecified atom stereocenters. The molecule has 0 radical (unpaired) electrons. The molecular formula is C17H16ClN3O6. The van der Waals surface area contributed by atoms with E-state index in [1.54, 1.807) is 6.92 Å². The van der Waals surface area contributed by atoms with Crippen LogP contribution >= 0.6 is 11.6 Å². The Balaban J connectivity index is 2.13. The molecule has 2 aromatic rings. The van der Waals surface area contributed by atoms with E-state index in [2.05, 4.69) is 5.32 Å². The molecule has 0 aliphatic heterocycles. The number of nitrogens with one attached hydrogen (secondary N) is 1. The number of nitrogens with zero attached hydrogens (tertiary/aromatic N) is 1. The number of primary amides is 1. The first-order valence-corrected chi connectivity index (χ1v) is 7.95. The summed E-state index contributed by atoms with van der Waals surface area (Å²) in [5.41, 5.74) is 5.89. The highest BCUT2D eigenvalue weighted by Crippen LogP contribution is 2.32. The third kappa shape index (κ3) is 4.85. The Labute approximate surface area is 159 Å². The lowest BCUT2D eigenvalue weighted by molar-refractivity contribution is -0.385. The van der Waals surface area contributed by atoms with Gasteiger partial charge in [-0.3, -0.25) is 19.7 Å². The van der Waals surface area contributed by atoms with Crippen molar-refractivity contribution in [3.05, 3.63) is 56.6 Å². The van der Waals surface area contributed by atoms with E-state index in [9.17, 15) is 19.7 Å². The topological polar surface area (TPSA) is 134 Å². The predicted octanol–water partition coefficient (Wildman–Crippen LogP) is 2.68. The van der Waals surface area contributed by atoms with Gasteiger partial charge in [0.1, 0.15) is 5.75 Å². The minimum atomic E-state index is -0.746. The SMILES string of the molecule is COc1cc(NC(=O)COc2ccc(Cl)cc2C(N)=O)c(C)cc1[N+](=O)[O-]. The number of methoxy groups -OCH3 is 1. The molecule has 0 aliphatic rings. The van der Waals surface area contributed by atoms with Gasteiger partial charge < -0.3 is 20.5 Å². The smallest absolute Gasteiger partial charge is 0.311 e. The molecule has 0 bridgehead atoms. The highest BCUT2D eigenvalue weighted by Gasteiger charge is 2.19. The van der Waals surface area contributed by atoms with Crippen molar-refractivity contribution in [2.75, 3.05) is 19.0 Å². The number of anilines is 1. The summed E-state index contributed by atoms with van der Waals surface area (Å²) in [7, 11) is 1.29. The fraction of sp³-hybridized carbons (Fsp3) is 0.176. The number of rotatable bonds is 7. The van der Waals surface area contributed by atoms with Crippen LogP contribution in [-0.2, 0) is 4.79 Å². The average molecular weight is 394 g/mol. The summed E-state index contributed by atoms with van der Waals surface area (Å²) >= 11 is 5.81. The van der Waals surface area contributed by atoms with Crippen molar-refractivity contribution in [1.29, 1.82) is 0 Å². The quantitative estimate of drug-likeness (QED) is 0.548. The van der Waals surface area contributed by atoms with Crippen LogP contribution in [0.1, 0.15) is 15.9 Å². The lowest BCUT2D eigenvalue weighted by Crippen LogP contribution is -2.22. The molecular weight excluding hydrogens is 378 g/mol. The van der Waals surface area contributed by atoms with Crippen LogP contribution in [0.4, 0.5) is 11.4 Å². The van der Waals surface area contributed by atoms with Gasteiger partial charge in [-0.1, -0.05) is 11.6 Å². The molecule has 9 nitrogen and oxygen atoms in total. The summed E-state index contributed by atoms with van der Waals surface area (Å²) in [6.07, 6.45) is 0. The van der Waals surface area contributed by atoms with E-state index < -0.39 is 23.3 Å². The van der Waals surface area contributed by atoms with Crippen molar-refractivity contribution in [3.8, 4) is 11.5 Å². The van der Waals surface area contributed by atoms with E-state index in [-0.39, 0.29) is 22.7 Å². The highest BCUT2D eigenvalue weighted by molar-refractivity contribution is 6.31. The van der Waals surface area contributed by atoms with Gasteiger partial charge in [-0.25, -0.2) is 0 Å². The van der Waals surface area contributed by atoms with Gasteiger partial charge in [0, 0.05) is 22.8 Å². The van der Waals surface area contributed by atoms with Gasteiger partial charge in [0.05, 0.1) is 17.6 Å². The first-order valence-electron chi connectivity index (χ1n) is 7.58. The number of carbonyl (C=O) groups excluding carboxylic acids is 2. The van der Waals surface area contributed by atoms with E-state index in [4.69, 9.17) is 26.8 Å². The second-order valence-corrected chi connectivity index (χ2v) is 5.87. The van der Waals surface area contributed by atoms with Crippen molar-refractivity contribution in [2.24, 2.45) is 5.73 Å². The van der Waals surface area contributed by atoms with Gasteiger partial charge in [0.2, 0.25) is 0 Å². The van der Waals surface area contributed by atoms with Crippen LogP contribution in [0, 0.1) is 17.0 Å². The van der Waals surface area contributed by atoms with Crippen molar-refractivity contribution >= 4 is 34.8 Å². The summed E-state index contributed by atoms with van der Waals surface area (Å²) in [6, 6.07) is 6.90. The highest BCUT2D eigenvalue weighted by atomic mass is 35.5. The van der Waals surface area contributed by atoms with Gasteiger partial charge in [-0.2, -0.15) is 0 Å². The van der Waals surface area contributed by atoms with Crippen LogP contribution in [0.25, 0.3) is 0 Å². The maximum Gasteiger partial charge on any atom is 0.311 e. The van der Waals surface area contributed by atoms with Gasteiger partial charge >= 0.3 is 5.69 Å². The summed E-state index contributed by atoms with van der Waals surface area (Å²) in [5.74, 6) is -1.17. The second kappa shape index (κ2) is 8.37. The molecule has 2 aromatic carbocycles. The number of ether oxygens (including phenoxy) is 2. The molecule has 0 aliphatic carbocycles. The third-order valence-corrected chi connectivity index (χ3v) is 3.80. The molecule has 2 amide bonds. The van der Waals surface area contributed by atoms with E-state index in [1.807, 2.05) is 0 Å². The van der Waals surface area contributed by atoms with Crippen LogP contribution < -0.4 is 20.5 Å². The predicted molar refractivity (Wildman–Crippen MR) is 98.5 cm³/mol. The Hall–Kier alpha value is -3.33. The number of benzene rings is 2. The number of nitro benzene ring substituents is 1. The fourth-order valence-electron chi connectivity index (χ4n) is 2.26. The normalized spacial score (nSPS) is 10.2. The number of hydrogen-bond acceptors (Lipinski definition) is 6. The second-order valence-electron chi connectivity index (χ2n) is 5.44. The number of aryl methyl sites for hydroxylation is 1. The van der Waals surface area contributed by atoms with E-state index in [0.717, 1.165) is 0 Å². The minimum absolute atomic E-state index is 0.00975. The molecule has 142 valence electrons. The van der Waals surface area contributed by atoms with Crippen LogP contribution in [0.15, 0.2) is 30.3 Å². The van der Waals surface area contributed by atoms with Crippen molar-refractivity contribution in [2.45, 2.75) is 6.92 Å². The van der Waals surface area contributed by atoms with Crippen LogP contribution in [-0.4, -0.2) is 30.5 Å². The van der Waals surface area contributed by atoms with Gasteiger partial charge in [-0.15, -0.1) is 0 Å². The molecule has 0 spiro atoms. The maximum absolute atomic E-state index is 12.2. The zero-order chi connectivity index (χ0) is 20.1. The zero-order valence-electron chi connectivity index (χ0n) is 14.4. The van der Waals surface area contributed by atoms with Crippen LogP contribution in [0.2, 0.25) is 5.02 Å². The van der Waals surface area contributed by atoms with Gasteiger partial charge in [-0.05, 0) is 30.7 Å². The monoisotopic (exact) mass is 393 g/mol. The minimum Gasteiger partial charge on any atom is -0.490 e. The maximum atomic E-state index is 12.2. The molecule has 0 heterocycles. The van der Waals surface area contributed by atoms with Crippen LogP contribution in [0.3, 0.4) is 0 Å². The molecule has 0 saturated carbocycles. The molecule has 0 atom stereocenters. The average Bonchev–Trinajstić information content (AvgIpc) is 2.61. The number of nitrogens with two attached hydrogens (primary N) is 1. The molecule has 3 N–H and O–H groups in total. The Morgan fingerprint density at radius 1 is 1.26 bits per heavy atom. The summed E-state index contributed by atoms with van der Waals surface area (Å²) < 4.78 is 10.3. The van der Waals surface area contributed by atoms with Crippen molar-refractivity contribution in [1.82, 2.24) is 0 Å². The summed E-state index contributed by atoms with van der Waals surface area (Å²) in [6.45, 7) is 1.19. The van der Waals surface area contributed by atoms with Gasteiger partial charge in [0.25, 0.3) is 11.8 Å². The number of hydrogen-bond donors (Lipinski definition) is 2. The molecule has 2 rings (SSSR count). The molecule has 0 aromatic heterocycles. The van der Waals surface area contributed by atoms with E-state index >= 15 is 0 Å². The molecule has 27 heavy (non-hydrogen) atoms. The van der Waals surface area contributed by atoms with Gasteiger partial charge in [0.15, 0.2) is 12.4 Å². The Bertz CT molecular complexity index is 916. The first-order chi connectivity index (χ1) is 12.7. The van der Waals surface area contributed by atoms with E-state index in [1.165, 1.54) is 37.4 Å². The van der Waals surface area contributed by atoms with E-state index in [0.29, 0.717) is 16.3 Å². The van der Waals surface area contributed by atoms with Crippen molar-refractivity contribution < 1.29 is 24.0 Å². The Kier molecular flexibility index (Phi) is 6.19. The summed E-state index contributed by atoms with van der Waals surface area (Å²) in [4.78, 5) is 34.0. The first kappa shape index (κ1) is 20.0. The lowest BCUT2D eigenvalue weighted by atomic mass is 10.1. The standard InChI is InChI=1S/C17H16ClN3O6/c1-9-5-13(21(24)25)15(26-2)7-12(9)20-16(22)8-27-14-4-3-10(18)6-11(14)17(19)23/h3-7H,8H2,1-2H3,(H2,19,23)(H,20,22). The Morgan fingerprint density at radius 3 is 2.56 bits per heavy atom. The lowest BCUT2D eigenvalue weighted by Gasteiger charge is -2.12. The molecule has 0 fully saturated rings. The largest absolute Gasteiger partial charge is 0.490 e. The number of carbonyl (C=O) groups is 2. The fourth-order valence-corrected chi connectivity index (χ4v) is 2.44. The van der Waals surface area contributed by atoms with Crippen LogP contribution in [0.5, 0.6) is 11.5 Å². The number of nitro groups is 1. The van der Waals surface area contributed by atoms with Crippen molar-refractivity contribution in [3.63, 3.8) is 0 Å². The third-order valence-electron chi connectivity index (χ3n) is 3.56. The summed E-state index contributed by atoms with van der Waals surface area (Å²) in [5, 5.41) is 13.9. The molecule has 0 saturated heterocycles. The number of amides is 2. The zero-order valence-corrected chi connectivity index (χ0v) is 15.2. The number of halogens is 1. The molecule has 10 heteroatoms.